The quantitative estimate of drug-likeness (QED) is 0.0827. The van der Waals surface area contributed by atoms with Gasteiger partial charge in [0.2, 0.25) is 0 Å². The Bertz CT molecular complexity index is 627. The van der Waals surface area contributed by atoms with Crippen molar-refractivity contribution < 1.29 is 46.6 Å². The standard InChI is InChI=1S/C14H27NO10S3/c1-27(20)7-5-3-2-4-6-10(15-25-28(21,22)23)26-14-13(19)12(18)11(17)9(8-16)24-14/h9,11-14,16-19H,2-8H2,1H3,(H,21,22,23). The molecule has 1 aliphatic heterocycles. The number of rotatable bonds is 11. The van der Waals surface area contributed by atoms with Gasteiger partial charge in [0.05, 0.1) is 6.61 Å². The fourth-order valence-corrected chi connectivity index (χ4v) is 4.40. The Morgan fingerprint density at radius 1 is 1.14 bits per heavy atom. The van der Waals surface area contributed by atoms with Gasteiger partial charge in [0, 0.05) is 22.8 Å². The minimum Gasteiger partial charge on any atom is -0.394 e. The van der Waals surface area contributed by atoms with Crippen LogP contribution in [0, 0.1) is 0 Å². The second-order valence-corrected chi connectivity index (χ2v) is 9.97. The maximum Gasteiger partial charge on any atom is 0.466 e. The van der Waals surface area contributed by atoms with E-state index in [1.165, 1.54) is 0 Å². The lowest BCUT2D eigenvalue weighted by Crippen LogP contribution is -2.57. The molecule has 0 aromatic rings. The molecule has 5 N–H and O–H groups in total. The van der Waals surface area contributed by atoms with E-state index >= 15 is 0 Å². The first-order valence-corrected chi connectivity index (χ1v) is 12.5. The Hall–Kier alpha value is -0.320. The molecular weight excluding hydrogens is 438 g/mol. The van der Waals surface area contributed by atoms with Gasteiger partial charge in [-0.15, -0.1) is 0 Å². The van der Waals surface area contributed by atoms with Gasteiger partial charge in [-0.05, 0) is 19.3 Å². The zero-order valence-corrected chi connectivity index (χ0v) is 17.7. The van der Waals surface area contributed by atoms with Crippen molar-refractivity contribution in [2.75, 3.05) is 18.6 Å². The third-order valence-electron chi connectivity index (χ3n) is 3.91. The molecule has 166 valence electrons. The monoisotopic (exact) mass is 465 g/mol. The van der Waals surface area contributed by atoms with E-state index in [1.54, 1.807) is 6.26 Å². The molecule has 0 radical (unpaired) electrons. The summed E-state index contributed by atoms with van der Waals surface area (Å²) in [5.74, 6) is 0.590. The summed E-state index contributed by atoms with van der Waals surface area (Å²) in [4.78, 5) is 0. The average molecular weight is 466 g/mol. The Morgan fingerprint density at radius 2 is 1.79 bits per heavy atom. The molecule has 1 aliphatic rings. The first-order valence-electron chi connectivity index (χ1n) is 8.55. The lowest BCUT2D eigenvalue weighted by atomic mass is 10.0. The van der Waals surface area contributed by atoms with Gasteiger partial charge in [-0.25, -0.2) is 4.28 Å². The van der Waals surface area contributed by atoms with Crippen molar-refractivity contribution in [2.24, 2.45) is 5.16 Å². The minimum absolute atomic E-state index is 0.0704. The van der Waals surface area contributed by atoms with E-state index in [9.17, 15) is 33.1 Å². The van der Waals surface area contributed by atoms with Crippen LogP contribution in [0.25, 0.3) is 0 Å². The largest absolute Gasteiger partial charge is 0.466 e. The molecule has 1 rings (SSSR count). The van der Waals surface area contributed by atoms with Crippen molar-refractivity contribution in [1.82, 2.24) is 0 Å². The molecule has 0 spiro atoms. The third-order valence-corrected chi connectivity index (χ3v) is 6.21. The van der Waals surface area contributed by atoms with Crippen molar-refractivity contribution in [3.05, 3.63) is 0 Å². The minimum atomic E-state index is -4.82. The number of oxime groups is 1. The zero-order valence-electron chi connectivity index (χ0n) is 15.3. The van der Waals surface area contributed by atoms with Gasteiger partial charge in [0.15, 0.2) is 0 Å². The predicted molar refractivity (Wildman–Crippen MR) is 103 cm³/mol. The molecule has 0 saturated carbocycles. The van der Waals surface area contributed by atoms with Gasteiger partial charge >= 0.3 is 10.4 Å². The van der Waals surface area contributed by atoms with Gasteiger partial charge < -0.3 is 25.2 Å². The third kappa shape index (κ3) is 9.45. The smallest absolute Gasteiger partial charge is 0.394 e. The van der Waals surface area contributed by atoms with Crippen molar-refractivity contribution in [3.63, 3.8) is 0 Å². The Kier molecular flexibility index (Phi) is 11.4. The van der Waals surface area contributed by atoms with Crippen molar-refractivity contribution in [1.29, 1.82) is 0 Å². The van der Waals surface area contributed by atoms with Gasteiger partial charge in [0.1, 0.15) is 34.9 Å². The van der Waals surface area contributed by atoms with Crippen LogP contribution in [-0.4, -0.2) is 91.1 Å². The molecule has 11 nitrogen and oxygen atoms in total. The van der Waals surface area contributed by atoms with Crippen LogP contribution < -0.4 is 0 Å². The lowest BCUT2D eigenvalue weighted by Gasteiger charge is -2.39. The van der Waals surface area contributed by atoms with E-state index in [-0.39, 0.29) is 11.5 Å². The van der Waals surface area contributed by atoms with Crippen molar-refractivity contribution in [2.45, 2.75) is 62.0 Å². The summed E-state index contributed by atoms with van der Waals surface area (Å²) in [6, 6.07) is 0. The van der Waals surface area contributed by atoms with E-state index in [0.717, 1.165) is 31.0 Å². The first-order chi connectivity index (χ1) is 13.0. The number of nitrogens with zero attached hydrogens (tertiary/aromatic N) is 1. The highest BCUT2D eigenvalue weighted by molar-refractivity contribution is 8.14. The molecular formula is C14H27NO10S3. The van der Waals surface area contributed by atoms with Gasteiger partial charge in [-0.3, -0.25) is 8.76 Å². The van der Waals surface area contributed by atoms with Crippen LogP contribution in [0.4, 0.5) is 0 Å². The number of aliphatic hydroxyl groups is 4. The van der Waals surface area contributed by atoms with Crippen molar-refractivity contribution in [3.8, 4) is 0 Å². The molecule has 14 heteroatoms. The maximum absolute atomic E-state index is 11.0. The highest BCUT2D eigenvalue weighted by atomic mass is 32.3. The lowest BCUT2D eigenvalue weighted by molar-refractivity contribution is -0.205. The second kappa shape index (κ2) is 12.4. The van der Waals surface area contributed by atoms with Crippen LogP contribution in [0.15, 0.2) is 5.16 Å². The highest BCUT2D eigenvalue weighted by Crippen LogP contribution is 2.30. The fraction of sp³-hybridized carbons (Fsp3) is 0.929. The van der Waals surface area contributed by atoms with Gasteiger partial charge in [0.25, 0.3) is 0 Å². The Labute approximate surface area is 170 Å². The number of hydrogen-bond donors (Lipinski definition) is 5. The van der Waals surface area contributed by atoms with E-state index in [1.807, 2.05) is 0 Å². The summed E-state index contributed by atoms with van der Waals surface area (Å²) >= 11 is 0.754. The predicted octanol–water partition coefficient (Wildman–Crippen LogP) is -1.02. The number of aliphatic hydroxyl groups excluding tert-OH is 4. The fourth-order valence-electron chi connectivity index (χ4n) is 2.45. The molecule has 1 saturated heterocycles. The molecule has 6 atom stereocenters. The van der Waals surface area contributed by atoms with Gasteiger partial charge in [-0.2, -0.15) is 8.42 Å². The molecule has 0 amide bonds. The number of hydrogen-bond acceptors (Lipinski definition) is 11. The molecule has 0 aromatic heterocycles. The molecule has 0 aromatic carbocycles. The molecule has 6 unspecified atom stereocenters. The maximum atomic E-state index is 11.0. The summed E-state index contributed by atoms with van der Waals surface area (Å²) in [7, 11) is -5.69. The average Bonchev–Trinajstić information content (AvgIpc) is 2.61. The number of unbranched alkanes of at least 4 members (excludes halogenated alkanes) is 3. The van der Waals surface area contributed by atoms with E-state index in [2.05, 4.69) is 9.44 Å². The van der Waals surface area contributed by atoms with Crippen LogP contribution in [0.2, 0.25) is 0 Å². The zero-order chi connectivity index (χ0) is 21.3. The highest BCUT2D eigenvalue weighted by Gasteiger charge is 2.44. The van der Waals surface area contributed by atoms with Crippen LogP contribution >= 0.6 is 11.8 Å². The Morgan fingerprint density at radius 3 is 2.36 bits per heavy atom. The van der Waals surface area contributed by atoms with Crippen molar-refractivity contribution >= 4 is 38.0 Å². The van der Waals surface area contributed by atoms with Gasteiger partial charge in [-0.1, -0.05) is 29.8 Å². The summed E-state index contributed by atoms with van der Waals surface area (Å²) in [5.41, 5.74) is -1.15. The Balaban J connectivity index is 2.70. The molecule has 0 aliphatic carbocycles. The summed E-state index contributed by atoms with van der Waals surface area (Å²) in [5, 5.41) is 42.3. The van der Waals surface area contributed by atoms with Crippen LogP contribution in [0.3, 0.4) is 0 Å². The normalized spacial score (nSPS) is 30.2. The molecule has 1 fully saturated rings. The van der Waals surface area contributed by atoms with E-state index in [4.69, 9.17) is 9.29 Å². The SMILES string of the molecule is CS(=O)CCCCCCC(=NOS(=O)(=O)O)SC1OC(CO)C(O)C(O)C1O. The molecule has 1 heterocycles. The molecule has 28 heavy (non-hydrogen) atoms. The summed E-state index contributed by atoms with van der Waals surface area (Å²) in [6.07, 6.45) is -1.02. The van der Waals surface area contributed by atoms with Crippen LogP contribution in [-0.2, 0) is 30.2 Å². The second-order valence-electron chi connectivity index (χ2n) is 6.24. The summed E-state index contributed by atoms with van der Waals surface area (Å²) in [6.45, 7) is -0.602. The van der Waals surface area contributed by atoms with E-state index in [0.29, 0.717) is 12.2 Å². The molecule has 0 bridgehead atoms. The first kappa shape index (κ1) is 25.7. The van der Waals surface area contributed by atoms with E-state index < -0.39 is 57.7 Å². The topological polar surface area (TPSA) is 183 Å². The van der Waals surface area contributed by atoms with Crippen LogP contribution in [0.1, 0.15) is 32.1 Å². The number of thioether (sulfide) groups is 1. The number of ether oxygens (including phenoxy) is 1. The summed E-state index contributed by atoms with van der Waals surface area (Å²) < 4.78 is 50.6. The van der Waals surface area contributed by atoms with Crippen LogP contribution in [0.5, 0.6) is 0 Å².